The summed E-state index contributed by atoms with van der Waals surface area (Å²) in [4.78, 5) is 16.6. The van der Waals surface area contributed by atoms with Gasteiger partial charge in [-0.1, -0.05) is 23.7 Å². The zero-order chi connectivity index (χ0) is 19.6. The third kappa shape index (κ3) is 4.81. The topological polar surface area (TPSA) is 70.2 Å². The number of piperazine rings is 1. The van der Waals surface area contributed by atoms with Crippen LogP contribution in [0.4, 0.5) is 0 Å². The van der Waals surface area contributed by atoms with E-state index in [1.807, 2.05) is 13.8 Å². The number of nitrogens with zero attached hydrogens (tertiary/aromatic N) is 3. The van der Waals surface area contributed by atoms with Gasteiger partial charge in [-0.05, 0) is 26.0 Å². The van der Waals surface area contributed by atoms with Crippen molar-refractivity contribution >= 4 is 27.5 Å². The zero-order valence-corrected chi connectivity index (χ0v) is 17.2. The Morgan fingerprint density at radius 3 is 2.30 bits per heavy atom. The number of hydrogen-bond acceptors (Lipinski definition) is 5. The number of sulfonamides is 1. The van der Waals surface area contributed by atoms with Gasteiger partial charge in [0.25, 0.3) is 0 Å². The number of amides is 1. The lowest BCUT2D eigenvalue weighted by Gasteiger charge is -2.38. The molecule has 2 unspecified atom stereocenters. The van der Waals surface area contributed by atoms with Crippen LogP contribution in [0.1, 0.15) is 13.8 Å². The van der Waals surface area contributed by atoms with E-state index in [0.29, 0.717) is 19.6 Å². The molecule has 2 atom stereocenters. The second-order valence-corrected chi connectivity index (χ2v) is 9.48. The van der Waals surface area contributed by atoms with E-state index in [4.69, 9.17) is 16.3 Å². The second-order valence-electron chi connectivity index (χ2n) is 7.17. The summed E-state index contributed by atoms with van der Waals surface area (Å²) in [5.41, 5.74) is 0. The van der Waals surface area contributed by atoms with E-state index in [9.17, 15) is 13.2 Å². The molecule has 0 radical (unpaired) electrons. The van der Waals surface area contributed by atoms with E-state index in [0.717, 1.165) is 13.1 Å². The summed E-state index contributed by atoms with van der Waals surface area (Å²) in [6.07, 6.45) is 0.221. The van der Waals surface area contributed by atoms with Crippen LogP contribution in [-0.4, -0.2) is 86.5 Å². The lowest BCUT2D eigenvalue weighted by molar-refractivity contribution is -0.137. The normalized spacial score (nSPS) is 25.5. The molecule has 9 heteroatoms. The molecular formula is C18H26ClN3O4S. The molecule has 0 spiro atoms. The highest BCUT2D eigenvalue weighted by Gasteiger charge is 2.32. The Kier molecular flexibility index (Phi) is 6.43. The molecule has 2 fully saturated rings. The Labute approximate surface area is 165 Å². The lowest BCUT2D eigenvalue weighted by Crippen LogP contribution is -2.54. The monoisotopic (exact) mass is 415 g/mol. The fraction of sp³-hybridized carbons (Fsp3) is 0.611. The summed E-state index contributed by atoms with van der Waals surface area (Å²) < 4.78 is 32.7. The van der Waals surface area contributed by atoms with Crippen LogP contribution < -0.4 is 0 Å². The molecule has 150 valence electrons. The lowest BCUT2D eigenvalue weighted by atomic mass is 10.2. The van der Waals surface area contributed by atoms with Crippen LogP contribution in [-0.2, 0) is 19.6 Å². The van der Waals surface area contributed by atoms with E-state index in [-0.39, 0.29) is 41.1 Å². The highest BCUT2D eigenvalue weighted by atomic mass is 35.5. The van der Waals surface area contributed by atoms with Crippen LogP contribution in [0.25, 0.3) is 0 Å². The van der Waals surface area contributed by atoms with Crippen LogP contribution in [0.5, 0.6) is 0 Å². The summed E-state index contributed by atoms with van der Waals surface area (Å²) in [6.45, 7) is 7.14. The van der Waals surface area contributed by atoms with Crippen molar-refractivity contribution in [2.45, 2.75) is 31.0 Å². The maximum Gasteiger partial charge on any atom is 0.244 e. The summed E-state index contributed by atoms with van der Waals surface area (Å²) in [5.74, 6) is 0.0334. The maximum absolute atomic E-state index is 12.8. The fourth-order valence-corrected chi connectivity index (χ4v) is 5.59. The molecule has 1 amide bonds. The van der Waals surface area contributed by atoms with Crippen molar-refractivity contribution < 1.29 is 17.9 Å². The van der Waals surface area contributed by atoms with Gasteiger partial charge in [0.05, 0.1) is 23.8 Å². The Balaban J connectivity index is 1.57. The van der Waals surface area contributed by atoms with Crippen LogP contribution >= 0.6 is 11.6 Å². The van der Waals surface area contributed by atoms with Crippen molar-refractivity contribution in [3.8, 4) is 0 Å². The van der Waals surface area contributed by atoms with Crippen LogP contribution in [0.2, 0.25) is 5.02 Å². The van der Waals surface area contributed by atoms with Gasteiger partial charge in [-0.3, -0.25) is 9.69 Å². The first-order valence-electron chi connectivity index (χ1n) is 9.17. The third-order valence-electron chi connectivity index (χ3n) is 4.90. The molecule has 27 heavy (non-hydrogen) atoms. The van der Waals surface area contributed by atoms with Crippen molar-refractivity contribution in [3.05, 3.63) is 29.3 Å². The van der Waals surface area contributed by atoms with Gasteiger partial charge in [0, 0.05) is 39.3 Å². The van der Waals surface area contributed by atoms with Gasteiger partial charge >= 0.3 is 0 Å². The molecule has 2 aliphatic rings. The van der Waals surface area contributed by atoms with Crippen molar-refractivity contribution in [3.63, 3.8) is 0 Å². The average molecular weight is 416 g/mol. The van der Waals surface area contributed by atoms with Gasteiger partial charge in [0.15, 0.2) is 0 Å². The Morgan fingerprint density at radius 2 is 1.70 bits per heavy atom. The number of rotatable bonds is 4. The number of morpholine rings is 1. The maximum atomic E-state index is 12.8. The molecule has 1 aromatic carbocycles. The standard InChI is InChI=1S/C18H26ClN3O4S/c1-14-11-20(12-15(2)26-14)13-18(23)21-7-9-22(10-8-21)27(24,25)17-6-4-3-5-16(17)19/h3-6,14-15H,7-13H2,1-2H3. The molecule has 0 N–H and O–H groups in total. The van der Waals surface area contributed by atoms with Crippen molar-refractivity contribution in [1.29, 1.82) is 0 Å². The molecule has 2 aliphatic heterocycles. The van der Waals surface area contributed by atoms with Crippen LogP contribution in [0, 0.1) is 0 Å². The fourth-order valence-electron chi connectivity index (χ4n) is 3.68. The molecule has 1 aromatic rings. The number of carbonyl (C=O) groups is 1. The molecule has 0 saturated carbocycles. The predicted octanol–water partition coefficient (Wildman–Crippen LogP) is 1.28. The van der Waals surface area contributed by atoms with Gasteiger partial charge < -0.3 is 9.64 Å². The number of benzene rings is 1. The Bertz CT molecular complexity index is 771. The number of ether oxygens (including phenoxy) is 1. The first kappa shape index (κ1) is 20.5. The SMILES string of the molecule is CC1CN(CC(=O)N2CCN(S(=O)(=O)c3ccccc3Cl)CC2)CC(C)O1. The number of carbonyl (C=O) groups excluding carboxylic acids is 1. The van der Waals surface area contributed by atoms with Crippen molar-refractivity contribution in [2.75, 3.05) is 45.8 Å². The summed E-state index contributed by atoms with van der Waals surface area (Å²) in [5, 5.41) is 0.214. The molecule has 7 nitrogen and oxygen atoms in total. The molecule has 0 aromatic heterocycles. The molecule has 0 bridgehead atoms. The number of hydrogen-bond donors (Lipinski definition) is 0. The van der Waals surface area contributed by atoms with E-state index in [1.54, 1.807) is 23.1 Å². The van der Waals surface area contributed by atoms with Crippen LogP contribution in [0.15, 0.2) is 29.2 Å². The average Bonchev–Trinajstić information content (AvgIpc) is 2.61. The first-order valence-corrected chi connectivity index (χ1v) is 11.0. The first-order chi connectivity index (χ1) is 12.8. The molecule has 2 saturated heterocycles. The third-order valence-corrected chi connectivity index (χ3v) is 7.30. The minimum Gasteiger partial charge on any atom is -0.373 e. The Hall–Kier alpha value is -1.19. The summed E-state index contributed by atoms with van der Waals surface area (Å²) >= 11 is 6.05. The largest absolute Gasteiger partial charge is 0.373 e. The van der Waals surface area contributed by atoms with Gasteiger partial charge in [-0.2, -0.15) is 4.31 Å². The molecule has 2 heterocycles. The smallest absolute Gasteiger partial charge is 0.244 e. The van der Waals surface area contributed by atoms with Gasteiger partial charge in [0.1, 0.15) is 4.90 Å². The highest BCUT2D eigenvalue weighted by molar-refractivity contribution is 7.89. The molecule has 0 aliphatic carbocycles. The number of halogens is 1. The van der Waals surface area contributed by atoms with E-state index < -0.39 is 10.0 Å². The van der Waals surface area contributed by atoms with Crippen molar-refractivity contribution in [2.24, 2.45) is 0 Å². The summed E-state index contributed by atoms with van der Waals surface area (Å²) in [7, 11) is -3.65. The highest BCUT2D eigenvalue weighted by Crippen LogP contribution is 2.25. The minimum absolute atomic E-state index is 0.0334. The van der Waals surface area contributed by atoms with Gasteiger partial charge in [-0.25, -0.2) is 8.42 Å². The zero-order valence-electron chi connectivity index (χ0n) is 15.7. The van der Waals surface area contributed by atoms with Crippen molar-refractivity contribution in [1.82, 2.24) is 14.1 Å². The van der Waals surface area contributed by atoms with Gasteiger partial charge in [0.2, 0.25) is 15.9 Å². The van der Waals surface area contributed by atoms with E-state index in [2.05, 4.69) is 4.90 Å². The van der Waals surface area contributed by atoms with E-state index >= 15 is 0 Å². The summed E-state index contributed by atoms with van der Waals surface area (Å²) in [6, 6.07) is 6.43. The second kappa shape index (κ2) is 8.45. The van der Waals surface area contributed by atoms with Crippen LogP contribution in [0.3, 0.4) is 0 Å². The molecular weight excluding hydrogens is 390 g/mol. The minimum atomic E-state index is -3.65. The van der Waals surface area contributed by atoms with Gasteiger partial charge in [-0.15, -0.1) is 0 Å². The predicted molar refractivity (Wildman–Crippen MR) is 103 cm³/mol. The van der Waals surface area contributed by atoms with E-state index in [1.165, 1.54) is 10.4 Å². The molecule has 3 rings (SSSR count). The quantitative estimate of drug-likeness (QED) is 0.741. The Morgan fingerprint density at radius 1 is 1.11 bits per heavy atom.